The van der Waals surface area contributed by atoms with Crippen LogP contribution in [0.25, 0.3) is 5.57 Å². The Kier molecular flexibility index (Phi) is 5.68. The van der Waals surface area contributed by atoms with Crippen LogP contribution in [-0.2, 0) is 25.7 Å². The quantitative estimate of drug-likeness (QED) is 0.387. The number of ether oxygens (including phenoxy) is 3. The van der Waals surface area contributed by atoms with Crippen LogP contribution in [0.4, 0.5) is 0 Å². The van der Waals surface area contributed by atoms with Crippen molar-refractivity contribution < 1.29 is 23.8 Å². The zero-order chi connectivity index (χ0) is 20.5. The van der Waals surface area contributed by atoms with Gasteiger partial charge < -0.3 is 14.2 Å². The molecule has 1 fully saturated rings. The van der Waals surface area contributed by atoms with E-state index in [2.05, 4.69) is 0 Å². The molecule has 0 amide bonds. The molecule has 0 aliphatic carbocycles. The van der Waals surface area contributed by atoms with Crippen LogP contribution in [0.3, 0.4) is 0 Å². The number of benzene rings is 2. The Hall–Kier alpha value is -2.50. The second-order valence-electron chi connectivity index (χ2n) is 6.72. The van der Waals surface area contributed by atoms with Gasteiger partial charge in [0.25, 0.3) is 5.79 Å². The fourth-order valence-electron chi connectivity index (χ4n) is 2.75. The molecule has 0 aromatic heterocycles. The summed E-state index contributed by atoms with van der Waals surface area (Å²) in [7, 11) is 0. The second kappa shape index (κ2) is 7.86. The van der Waals surface area contributed by atoms with Crippen LogP contribution in [0, 0.1) is 0 Å². The molecule has 28 heavy (non-hydrogen) atoms. The largest absolute Gasteiger partial charge is 0.486 e. The third-order valence-corrected chi connectivity index (χ3v) is 4.68. The number of hydrogen-bond donors (Lipinski definition) is 0. The number of rotatable bonds is 4. The summed E-state index contributed by atoms with van der Waals surface area (Å²) in [5.41, 5.74) is 1.62. The van der Waals surface area contributed by atoms with Crippen molar-refractivity contribution in [3.05, 3.63) is 69.2 Å². The van der Waals surface area contributed by atoms with Crippen LogP contribution < -0.4 is 4.74 Å². The first-order valence-corrected chi connectivity index (χ1v) is 9.27. The molecule has 0 unspecified atom stereocenters. The number of esters is 2. The summed E-state index contributed by atoms with van der Waals surface area (Å²) in [4.78, 5) is 24.5. The monoisotopic (exact) mass is 420 g/mol. The van der Waals surface area contributed by atoms with Gasteiger partial charge in [-0.1, -0.05) is 53.5 Å². The minimum atomic E-state index is -1.30. The molecule has 1 saturated heterocycles. The molecule has 5 nitrogen and oxygen atoms in total. The molecule has 0 radical (unpaired) electrons. The van der Waals surface area contributed by atoms with E-state index in [-0.39, 0.29) is 15.6 Å². The summed E-state index contributed by atoms with van der Waals surface area (Å²) in [6, 6.07) is 12.7. The molecule has 0 N–H and O–H groups in total. The molecule has 146 valence electrons. The molecule has 0 saturated carbocycles. The molecule has 0 atom stereocenters. The summed E-state index contributed by atoms with van der Waals surface area (Å²) < 4.78 is 16.0. The summed E-state index contributed by atoms with van der Waals surface area (Å²) in [5.74, 6) is -2.49. The number of hydrogen-bond acceptors (Lipinski definition) is 5. The molecular weight excluding hydrogens is 403 g/mol. The number of carbonyl (C=O) groups is 2. The van der Waals surface area contributed by atoms with Gasteiger partial charge in [-0.2, -0.15) is 0 Å². The Balaban J connectivity index is 1.89. The van der Waals surface area contributed by atoms with Crippen molar-refractivity contribution in [1.29, 1.82) is 0 Å². The lowest BCUT2D eigenvalue weighted by Crippen LogP contribution is -2.42. The molecule has 1 aliphatic heterocycles. The zero-order valence-corrected chi connectivity index (χ0v) is 17.1. The van der Waals surface area contributed by atoms with E-state index in [0.29, 0.717) is 23.5 Å². The molecule has 0 bridgehead atoms. The lowest BCUT2D eigenvalue weighted by Gasteiger charge is -2.30. The Morgan fingerprint density at radius 2 is 1.54 bits per heavy atom. The number of cyclic esters (lactones) is 2. The maximum atomic E-state index is 12.3. The number of carbonyl (C=O) groups excluding carboxylic acids is 2. The van der Waals surface area contributed by atoms with Crippen LogP contribution in [0.1, 0.15) is 31.9 Å². The van der Waals surface area contributed by atoms with Crippen LogP contribution in [0.15, 0.2) is 48.0 Å². The lowest BCUT2D eigenvalue weighted by atomic mass is 10.0. The van der Waals surface area contributed by atoms with E-state index in [1.165, 1.54) is 13.8 Å². The summed E-state index contributed by atoms with van der Waals surface area (Å²) in [6.45, 7) is 4.87. The Morgan fingerprint density at radius 3 is 2.07 bits per heavy atom. The molecule has 1 aliphatic rings. The first kappa shape index (κ1) is 20.2. The molecular formula is C21H18Cl2O5. The maximum absolute atomic E-state index is 12.3. The SMILES string of the molecule is CC(=C1C(=O)OC(C)(C)OC1=O)c1cc(Cl)c(OCc2ccccc2)c(Cl)c1. The van der Waals surface area contributed by atoms with Crippen molar-refractivity contribution in [2.24, 2.45) is 0 Å². The average Bonchev–Trinajstić information content (AvgIpc) is 2.60. The highest BCUT2D eigenvalue weighted by molar-refractivity contribution is 6.37. The molecule has 0 spiro atoms. The summed E-state index contributed by atoms with van der Waals surface area (Å²) >= 11 is 12.7. The smallest absolute Gasteiger partial charge is 0.349 e. The Bertz CT molecular complexity index is 919. The Morgan fingerprint density at radius 1 is 1.00 bits per heavy atom. The normalized spacial score (nSPS) is 15.7. The minimum absolute atomic E-state index is 0.190. The van der Waals surface area contributed by atoms with Crippen molar-refractivity contribution in [3.63, 3.8) is 0 Å². The highest BCUT2D eigenvalue weighted by Crippen LogP contribution is 2.38. The van der Waals surface area contributed by atoms with Crippen molar-refractivity contribution in [3.8, 4) is 5.75 Å². The van der Waals surface area contributed by atoms with Crippen LogP contribution >= 0.6 is 23.2 Å². The van der Waals surface area contributed by atoms with Gasteiger partial charge in [0.05, 0.1) is 10.0 Å². The molecule has 2 aromatic carbocycles. The number of halogens is 2. The van der Waals surface area contributed by atoms with Crippen molar-refractivity contribution in [1.82, 2.24) is 0 Å². The summed E-state index contributed by atoms with van der Waals surface area (Å²) in [6.07, 6.45) is 0. The van der Waals surface area contributed by atoms with Gasteiger partial charge >= 0.3 is 11.9 Å². The third-order valence-electron chi connectivity index (χ3n) is 4.12. The van der Waals surface area contributed by atoms with Crippen LogP contribution in [0.2, 0.25) is 10.0 Å². The predicted molar refractivity (Wildman–Crippen MR) is 106 cm³/mol. The first-order chi connectivity index (χ1) is 13.2. The van der Waals surface area contributed by atoms with Crippen molar-refractivity contribution in [2.45, 2.75) is 33.2 Å². The van der Waals surface area contributed by atoms with Gasteiger partial charge in [0.1, 0.15) is 12.2 Å². The van der Waals surface area contributed by atoms with Gasteiger partial charge in [-0.15, -0.1) is 0 Å². The molecule has 1 heterocycles. The predicted octanol–water partition coefficient (Wildman–Crippen LogP) is 5.18. The van der Waals surface area contributed by atoms with E-state index in [4.69, 9.17) is 37.4 Å². The fraction of sp³-hybridized carbons (Fsp3) is 0.238. The molecule has 2 aromatic rings. The van der Waals surface area contributed by atoms with Crippen molar-refractivity contribution in [2.75, 3.05) is 0 Å². The topological polar surface area (TPSA) is 61.8 Å². The van der Waals surface area contributed by atoms with Gasteiger partial charge in [0.2, 0.25) is 0 Å². The van der Waals surface area contributed by atoms with Gasteiger partial charge in [-0.3, -0.25) is 0 Å². The second-order valence-corrected chi connectivity index (χ2v) is 7.54. The lowest BCUT2D eigenvalue weighted by molar-refractivity contribution is -0.222. The average molecular weight is 421 g/mol. The van der Waals surface area contributed by atoms with E-state index in [9.17, 15) is 9.59 Å². The standard InChI is InChI=1S/C21H18Cl2O5/c1-12(17-19(24)27-21(2,3)28-20(17)25)14-9-15(22)18(16(23)10-14)26-11-13-7-5-4-6-8-13/h4-10H,11H2,1-3H3. The van der Waals surface area contributed by atoms with E-state index in [0.717, 1.165) is 5.56 Å². The van der Waals surface area contributed by atoms with E-state index in [1.807, 2.05) is 30.3 Å². The van der Waals surface area contributed by atoms with Gasteiger partial charge in [-0.05, 0) is 35.8 Å². The third kappa shape index (κ3) is 4.32. The first-order valence-electron chi connectivity index (χ1n) is 8.51. The van der Waals surface area contributed by atoms with Gasteiger partial charge in [-0.25, -0.2) is 9.59 Å². The Labute approximate surface area is 172 Å². The fourth-order valence-corrected chi connectivity index (χ4v) is 3.34. The molecule has 3 rings (SSSR count). The highest BCUT2D eigenvalue weighted by Gasteiger charge is 2.40. The van der Waals surface area contributed by atoms with Crippen molar-refractivity contribution >= 4 is 40.7 Å². The van der Waals surface area contributed by atoms with Crippen LogP contribution in [-0.4, -0.2) is 17.7 Å². The van der Waals surface area contributed by atoms with E-state index in [1.54, 1.807) is 19.1 Å². The maximum Gasteiger partial charge on any atom is 0.349 e. The van der Waals surface area contributed by atoms with E-state index >= 15 is 0 Å². The zero-order valence-electron chi connectivity index (χ0n) is 15.5. The molecule has 7 heteroatoms. The summed E-state index contributed by atoms with van der Waals surface area (Å²) in [5, 5.41) is 0.521. The highest BCUT2D eigenvalue weighted by atomic mass is 35.5. The van der Waals surface area contributed by atoms with E-state index < -0.39 is 17.7 Å². The van der Waals surface area contributed by atoms with Gasteiger partial charge in [0, 0.05) is 13.8 Å². The minimum Gasteiger partial charge on any atom is -0.486 e. The number of allylic oxidation sites excluding steroid dienone is 1. The van der Waals surface area contributed by atoms with Crippen LogP contribution in [0.5, 0.6) is 5.75 Å². The van der Waals surface area contributed by atoms with Gasteiger partial charge in [0.15, 0.2) is 5.75 Å².